The maximum absolute atomic E-state index is 13.3. The molecule has 0 aliphatic rings. The number of aliphatic hydroxyl groups excluding tert-OH is 1. The Bertz CT molecular complexity index is 1090. The molecule has 0 heterocycles. The van der Waals surface area contributed by atoms with Crippen molar-refractivity contribution in [2.75, 3.05) is 71.9 Å². The van der Waals surface area contributed by atoms with Gasteiger partial charge in [0.1, 0.15) is 6.10 Å². The van der Waals surface area contributed by atoms with Gasteiger partial charge in [0.25, 0.3) is 15.9 Å². The number of aliphatic hydroxyl groups is 1. The highest BCUT2D eigenvalue weighted by molar-refractivity contribution is 7.90. The maximum atomic E-state index is 13.3. The third-order valence-electron chi connectivity index (χ3n) is 6.00. The number of ether oxygens (including phenoxy) is 4. The minimum atomic E-state index is -4.13. The van der Waals surface area contributed by atoms with E-state index in [9.17, 15) is 13.2 Å². The van der Waals surface area contributed by atoms with Crippen molar-refractivity contribution >= 4 is 32.4 Å². The lowest BCUT2D eigenvalue weighted by Gasteiger charge is -2.19. The Hall–Kier alpha value is -2.28. The first-order valence-corrected chi connectivity index (χ1v) is 15.0. The number of amides is 1. The molecule has 220 valence electrons. The molecule has 2 aromatic carbocycles. The molecule has 1 amide bonds. The molecule has 2 N–H and O–H groups in total. The summed E-state index contributed by atoms with van der Waals surface area (Å²) in [5.74, 6) is -0.682. The lowest BCUT2D eigenvalue weighted by Crippen LogP contribution is -2.40. The molecular weight excluding hydrogens is 524 g/mol. The molecule has 10 nitrogen and oxygen atoms in total. The number of benzene rings is 2. The van der Waals surface area contributed by atoms with Crippen molar-refractivity contribution in [1.29, 1.82) is 0 Å². The molecule has 0 saturated carbocycles. The maximum Gasteiger partial charge on any atom is 0.264 e. The number of rotatable bonds is 21. The van der Waals surface area contributed by atoms with Crippen molar-refractivity contribution in [3.63, 3.8) is 0 Å². The molecule has 1 atom stereocenters. The van der Waals surface area contributed by atoms with Gasteiger partial charge in [-0.25, -0.2) is 13.1 Å². The van der Waals surface area contributed by atoms with Crippen LogP contribution in [-0.2, 0) is 33.8 Å². The van der Waals surface area contributed by atoms with Crippen LogP contribution in [0.2, 0.25) is 0 Å². The first-order chi connectivity index (χ1) is 18.8. The first kappa shape index (κ1) is 32.9. The predicted octanol–water partition coefficient (Wildman–Crippen LogP) is 3.11. The Morgan fingerprint density at radius 3 is 2.13 bits per heavy atom. The van der Waals surface area contributed by atoms with E-state index in [-0.39, 0.29) is 31.3 Å². The fraction of sp³-hybridized carbons (Fsp3) is 0.607. The molecule has 0 aliphatic carbocycles. The minimum absolute atomic E-state index is 0.0204. The molecule has 0 saturated heterocycles. The monoisotopic (exact) mass is 568 g/mol. The second kappa shape index (κ2) is 18.1. The molecule has 2 aromatic rings. The summed E-state index contributed by atoms with van der Waals surface area (Å²) in [5, 5.41) is 9.98. The van der Waals surface area contributed by atoms with E-state index in [1.807, 2.05) is 31.1 Å². The van der Waals surface area contributed by atoms with E-state index in [4.69, 9.17) is 24.1 Å². The largest absolute Gasteiger partial charge is 0.394 e. The average molecular weight is 569 g/mol. The van der Waals surface area contributed by atoms with Gasteiger partial charge in [-0.3, -0.25) is 4.79 Å². The zero-order chi connectivity index (χ0) is 28.5. The van der Waals surface area contributed by atoms with Crippen LogP contribution in [0.25, 0.3) is 10.8 Å². The van der Waals surface area contributed by atoms with Gasteiger partial charge in [0.2, 0.25) is 0 Å². The van der Waals surface area contributed by atoms with Crippen LogP contribution in [0.1, 0.15) is 39.0 Å². The number of fused-ring (bicyclic) bond motifs is 1. The van der Waals surface area contributed by atoms with Crippen LogP contribution < -0.4 is 9.62 Å². The lowest BCUT2D eigenvalue weighted by molar-refractivity contribution is -0.132. The summed E-state index contributed by atoms with van der Waals surface area (Å²) in [4.78, 5) is 15.1. The average Bonchev–Trinajstić information content (AvgIpc) is 2.91. The summed E-state index contributed by atoms with van der Waals surface area (Å²) >= 11 is 0. The second-order valence-corrected chi connectivity index (χ2v) is 10.9. The Balaban J connectivity index is 1.96. The number of hydrogen-bond acceptors (Lipinski definition) is 9. The summed E-state index contributed by atoms with van der Waals surface area (Å²) < 4.78 is 50.6. The van der Waals surface area contributed by atoms with E-state index in [0.717, 1.165) is 36.8 Å². The highest BCUT2D eigenvalue weighted by Crippen LogP contribution is 2.30. The van der Waals surface area contributed by atoms with Crippen LogP contribution in [0.3, 0.4) is 0 Å². The quantitative estimate of drug-likeness (QED) is 0.219. The van der Waals surface area contributed by atoms with E-state index in [2.05, 4.69) is 11.6 Å². The Morgan fingerprint density at radius 1 is 0.872 bits per heavy atom. The molecule has 0 spiro atoms. The number of unbranched alkanes of at least 4 members (excludes halogenated alkanes) is 3. The van der Waals surface area contributed by atoms with Gasteiger partial charge in [-0.15, -0.1) is 0 Å². The summed E-state index contributed by atoms with van der Waals surface area (Å²) in [6.07, 6.45) is 3.27. The predicted molar refractivity (Wildman–Crippen MR) is 152 cm³/mol. The number of carbonyl (C=O) groups is 1. The van der Waals surface area contributed by atoms with Crippen molar-refractivity contribution in [3.8, 4) is 0 Å². The van der Waals surface area contributed by atoms with E-state index >= 15 is 0 Å². The summed E-state index contributed by atoms with van der Waals surface area (Å²) in [6.45, 7) is 4.28. The van der Waals surface area contributed by atoms with Crippen LogP contribution in [0.5, 0.6) is 0 Å². The van der Waals surface area contributed by atoms with Crippen LogP contribution in [0.15, 0.2) is 41.3 Å². The SMILES string of the molecule is CCCCCCC(OCCOCCOCCOCCO)C(=O)NS(=O)(=O)c1cccc2c(N(C)C)cccc12. The van der Waals surface area contributed by atoms with Crippen LogP contribution in [-0.4, -0.2) is 92.5 Å². The van der Waals surface area contributed by atoms with E-state index < -0.39 is 22.0 Å². The number of sulfonamides is 1. The van der Waals surface area contributed by atoms with Crippen LogP contribution in [0.4, 0.5) is 5.69 Å². The molecule has 2 rings (SSSR count). The first-order valence-electron chi connectivity index (χ1n) is 13.5. The Morgan fingerprint density at radius 2 is 1.49 bits per heavy atom. The van der Waals surface area contributed by atoms with Crippen molar-refractivity contribution in [1.82, 2.24) is 4.72 Å². The number of nitrogens with zero attached hydrogens (tertiary/aromatic N) is 1. The third-order valence-corrected chi connectivity index (χ3v) is 7.41. The molecule has 0 bridgehead atoms. The van der Waals surface area contributed by atoms with Gasteiger partial charge in [0.05, 0.1) is 57.8 Å². The Labute approximate surface area is 232 Å². The normalized spacial score (nSPS) is 12.5. The van der Waals surface area contributed by atoms with Gasteiger partial charge >= 0.3 is 0 Å². The molecule has 1 unspecified atom stereocenters. The number of hydrogen-bond donors (Lipinski definition) is 2. The highest BCUT2D eigenvalue weighted by Gasteiger charge is 2.26. The van der Waals surface area contributed by atoms with Gasteiger partial charge in [0, 0.05) is 30.6 Å². The fourth-order valence-electron chi connectivity index (χ4n) is 4.04. The Kier molecular flexibility index (Phi) is 15.3. The summed E-state index contributed by atoms with van der Waals surface area (Å²) in [5.41, 5.74) is 0.883. The van der Waals surface area contributed by atoms with E-state index in [1.54, 1.807) is 18.2 Å². The van der Waals surface area contributed by atoms with E-state index in [0.29, 0.717) is 38.2 Å². The van der Waals surface area contributed by atoms with Gasteiger partial charge in [-0.1, -0.05) is 56.9 Å². The zero-order valence-corrected chi connectivity index (χ0v) is 24.2. The molecule has 0 aromatic heterocycles. The van der Waals surface area contributed by atoms with E-state index in [1.165, 1.54) is 6.07 Å². The van der Waals surface area contributed by atoms with Crippen molar-refractivity contribution in [2.45, 2.75) is 50.0 Å². The van der Waals surface area contributed by atoms with Gasteiger partial charge in [-0.05, 0) is 18.6 Å². The third kappa shape index (κ3) is 11.4. The number of carbonyl (C=O) groups excluding carboxylic acids is 1. The molecule has 0 radical (unpaired) electrons. The molecule has 11 heteroatoms. The molecule has 39 heavy (non-hydrogen) atoms. The molecule has 0 aliphatic heterocycles. The van der Waals surface area contributed by atoms with Crippen molar-refractivity contribution < 1.29 is 37.3 Å². The topological polar surface area (TPSA) is 124 Å². The molecule has 0 fully saturated rings. The van der Waals surface area contributed by atoms with Gasteiger partial charge in [-0.2, -0.15) is 0 Å². The van der Waals surface area contributed by atoms with Crippen LogP contribution >= 0.6 is 0 Å². The highest BCUT2D eigenvalue weighted by atomic mass is 32.2. The van der Waals surface area contributed by atoms with Gasteiger partial charge in [0.15, 0.2) is 0 Å². The van der Waals surface area contributed by atoms with Crippen molar-refractivity contribution in [2.24, 2.45) is 0 Å². The number of nitrogens with one attached hydrogen (secondary N) is 1. The smallest absolute Gasteiger partial charge is 0.264 e. The fourth-order valence-corrected chi connectivity index (χ4v) is 5.28. The summed E-state index contributed by atoms with van der Waals surface area (Å²) in [7, 11) is -0.345. The minimum Gasteiger partial charge on any atom is -0.394 e. The van der Waals surface area contributed by atoms with Crippen LogP contribution in [0, 0.1) is 0 Å². The number of anilines is 1. The second-order valence-electron chi connectivity index (χ2n) is 9.26. The van der Waals surface area contributed by atoms with Gasteiger partial charge < -0.3 is 29.0 Å². The van der Waals surface area contributed by atoms with Crippen molar-refractivity contribution in [3.05, 3.63) is 36.4 Å². The molecular formula is C28H44N2O8S. The lowest BCUT2D eigenvalue weighted by atomic mass is 10.1. The summed E-state index contributed by atoms with van der Waals surface area (Å²) in [6, 6.07) is 10.5. The zero-order valence-electron chi connectivity index (χ0n) is 23.4. The standard InChI is InChI=1S/C28H44N2O8S/c1-4-5-6-7-13-26(38-22-21-37-20-19-36-18-17-35-16-15-31)28(32)29-39(33,34)27-14-9-10-23-24(27)11-8-12-25(23)30(2)3/h8-12,14,26,31H,4-7,13,15-22H2,1-3H3,(H,29,32).